The van der Waals surface area contributed by atoms with E-state index in [0.29, 0.717) is 13.2 Å². The number of nitrogens with zero attached hydrogens (tertiary/aromatic N) is 1. The summed E-state index contributed by atoms with van der Waals surface area (Å²) in [4.78, 5) is 14.2. The zero-order valence-electron chi connectivity index (χ0n) is 12.6. The van der Waals surface area contributed by atoms with E-state index in [1.807, 2.05) is 25.7 Å². The molecular weight excluding hydrogens is 381 g/mol. The molecule has 1 aromatic rings. The Morgan fingerprint density at radius 2 is 2.05 bits per heavy atom. The van der Waals surface area contributed by atoms with E-state index in [-0.39, 0.29) is 17.7 Å². The summed E-state index contributed by atoms with van der Waals surface area (Å²) in [6, 6.07) is 8.49. The molecule has 1 amide bonds. The largest absolute Gasteiger partial charge is 0.444 e. The molecule has 5 heteroatoms. The molecule has 2 saturated heterocycles. The van der Waals surface area contributed by atoms with Gasteiger partial charge >= 0.3 is 6.09 Å². The fourth-order valence-electron chi connectivity index (χ4n) is 3.05. The van der Waals surface area contributed by atoms with E-state index in [4.69, 9.17) is 9.47 Å². The van der Waals surface area contributed by atoms with Crippen LogP contribution in [-0.4, -0.2) is 35.8 Å². The van der Waals surface area contributed by atoms with Gasteiger partial charge in [0.05, 0.1) is 19.2 Å². The first-order valence-electron chi connectivity index (χ1n) is 7.19. The number of ether oxygens (including phenoxy) is 2. The summed E-state index contributed by atoms with van der Waals surface area (Å²) < 4.78 is 12.7. The minimum Gasteiger partial charge on any atom is -0.444 e. The van der Waals surface area contributed by atoms with Crippen molar-refractivity contribution in [3.63, 3.8) is 0 Å². The summed E-state index contributed by atoms with van der Waals surface area (Å²) in [7, 11) is 0. The molecule has 0 N–H and O–H groups in total. The van der Waals surface area contributed by atoms with Gasteiger partial charge in [-0.1, -0.05) is 12.1 Å². The normalized spacial score (nSPS) is 28.0. The minimum atomic E-state index is -0.463. The number of benzene rings is 1. The highest BCUT2D eigenvalue weighted by molar-refractivity contribution is 14.1. The molecule has 3 rings (SSSR count). The van der Waals surface area contributed by atoms with Crippen LogP contribution < -0.4 is 0 Å². The highest BCUT2D eigenvalue weighted by Gasteiger charge is 2.54. The second-order valence-corrected chi connectivity index (χ2v) is 8.02. The number of halogens is 1. The molecule has 0 aromatic heterocycles. The third kappa shape index (κ3) is 2.90. The Morgan fingerprint density at radius 1 is 1.38 bits per heavy atom. The van der Waals surface area contributed by atoms with Crippen molar-refractivity contribution in [2.75, 3.05) is 13.2 Å². The van der Waals surface area contributed by atoms with Crippen molar-refractivity contribution in [1.82, 2.24) is 4.90 Å². The fraction of sp³-hybridized carbons (Fsp3) is 0.562. The van der Waals surface area contributed by atoms with Gasteiger partial charge < -0.3 is 9.47 Å². The topological polar surface area (TPSA) is 38.8 Å². The van der Waals surface area contributed by atoms with Crippen molar-refractivity contribution in [2.24, 2.45) is 0 Å². The second kappa shape index (κ2) is 5.12. The van der Waals surface area contributed by atoms with Crippen LogP contribution in [0.5, 0.6) is 0 Å². The maximum atomic E-state index is 12.3. The molecule has 4 nitrogen and oxygen atoms in total. The van der Waals surface area contributed by atoms with Gasteiger partial charge in [-0.25, -0.2) is 4.79 Å². The summed E-state index contributed by atoms with van der Waals surface area (Å²) in [5.74, 6) is 0. The van der Waals surface area contributed by atoms with Crippen molar-refractivity contribution in [1.29, 1.82) is 0 Å². The monoisotopic (exact) mass is 401 g/mol. The number of rotatable bonds is 1. The van der Waals surface area contributed by atoms with Crippen LogP contribution in [0.1, 0.15) is 32.8 Å². The number of fused-ring (bicyclic) bond motifs is 2. The van der Waals surface area contributed by atoms with Crippen LogP contribution in [0.4, 0.5) is 4.79 Å². The smallest absolute Gasteiger partial charge is 0.410 e. The molecule has 2 bridgehead atoms. The third-order valence-corrected chi connectivity index (χ3v) is 4.70. The van der Waals surface area contributed by atoms with Crippen LogP contribution >= 0.6 is 22.6 Å². The first-order chi connectivity index (χ1) is 9.79. The maximum absolute atomic E-state index is 12.3. The third-order valence-electron chi connectivity index (χ3n) is 3.98. The first-order valence-corrected chi connectivity index (χ1v) is 8.27. The molecule has 0 aliphatic carbocycles. The van der Waals surface area contributed by atoms with E-state index in [1.54, 1.807) is 0 Å². The Morgan fingerprint density at radius 3 is 2.67 bits per heavy atom. The Balaban J connectivity index is 1.79. The van der Waals surface area contributed by atoms with Crippen LogP contribution in [0.2, 0.25) is 0 Å². The summed E-state index contributed by atoms with van der Waals surface area (Å²) in [6.45, 7) is 6.85. The van der Waals surface area contributed by atoms with Gasteiger partial charge in [-0.2, -0.15) is 0 Å². The Hall–Kier alpha value is -0.820. The fourth-order valence-corrected chi connectivity index (χ4v) is 3.41. The van der Waals surface area contributed by atoms with Gasteiger partial charge in [0.2, 0.25) is 0 Å². The van der Waals surface area contributed by atoms with E-state index in [0.717, 1.165) is 12.0 Å². The highest BCUT2D eigenvalue weighted by Crippen LogP contribution is 2.45. The molecule has 114 valence electrons. The van der Waals surface area contributed by atoms with E-state index in [9.17, 15) is 4.79 Å². The molecule has 21 heavy (non-hydrogen) atoms. The van der Waals surface area contributed by atoms with E-state index in [1.165, 1.54) is 3.57 Å². The molecule has 0 spiro atoms. The number of likely N-dealkylation sites (tertiary alicyclic amines) is 1. The van der Waals surface area contributed by atoms with Crippen LogP contribution in [0.25, 0.3) is 0 Å². The van der Waals surface area contributed by atoms with Crippen molar-refractivity contribution in [3.8, 4) is 0 Å². The SMILES string of the molecule is CC(C)(C)OC(=O)N1C[C@]2(c3ccc(I)cc3)C[C@H]1CO2. The van der Waals surface area contributed by atoms with Crippen molar-refractivity contribution >= 4 is 28.7 Å². The molecule has 0 saturated carbocycles. The van der Waals surface area contributed by atoms with Gasteiger partial charge in [-0.05, 0) is 61.1 Å². The van der Waals surface area contributed by atoms with Crippen molar-refractivity contribution in [2.45, 2.75) is 44.4 Å². The lowest BCUT2D eigenvalue weighted by Crippen LogP contribution is -2.46. The van der Waals surface area contributed by atoms with Crippen molar-refractivity contribution in [3.05, 3.63) is 33.4 Å². The average molecular weight is 401 g/mol. The predicted octanol–water partition coefficient (Wildman–Crippen LogP) is 3.53. The number of hydrogen-bond acceptors (Lipinski definition) is 3. The predicted molar refractivity (Wildman–Crippen MR) is 88.1 cm³/mol. The highest BCUT2D eigenvalue weighted by atomic mass is 127. The minimum absolute atomic E-state index is 0.124. The quantitative estimate of drug-likeness (QED) is 0.676. The summed E-state index contributed by atoms with van der Waals surface area (Å²) >= 11 is 2.29. The number of carbonyl (C=O) groups is 1. The van der Waals surface area contributed by atoms with Gasteiger partial charge in [0, 0.05) is 9.99 Å². The van der Waals surface area contributed by atoms with Gasteiger partial charge in [-0.15, -0.1) is 0 Å². The average Bonchev–Trinajstić information content (AvgIpc) is 2.96. The summed E-state index contributed by atoms with van der Waals surface area (Å²) in [5.41, 5.74) is 0.332. The molecular formula is C16H20INO3. The van der Waals surface area contributed by atoms with Crippen LogP contribution in [0.3, 0.4) is 0 Å². The molecule has 2 fully saturated rings. The number of hydrogen-bond donors (Lipinski definition) is 0. The van der Waals surface area contributed by atoms with Gasteiger partial charge in [-0.3, -0.25) is 4.90 Å². The molecule has 2 aliphatic heterocycles. The first kappa shape index (κ1) is 15.1. The summed E-state index contributed by atoms with van der Waals surface area (Å²) in [6.07, 6.45) is 0.621. The lowest BCUT2D eigenvalue weighted by atomic mass is 9.93. The lowest BCUT2D eigenvalue weighted by molar-refractivity contribution is -0.0558. The zero-order valence-corrected chi connectivity index (χ0v) is 14.7. The van der Waals surface area contributed by atoms with E-state index >= 15 is 0 Å². The summed E-state index contributed by atoms with van der Waals surface area (Å²) in [5, 5.41) is 0. The van der Waals surface area contributed by atoms with Gasteiger partial charge in [0.15, 0.2) is 0 Å². The van der Waals surface area contributed by atoms with Gasteiger partial charge in [0.25, 0.3) is 0 Å². The van der Waals surface area contributed by atoms with E-state index < -0.39 is 5.60 Å². The number of carbonyl (C=O) groups excluding carboxylic acids is 1. The molecule has 1 aromatic carbocycles. The Bertz CT molecular complexity index is 552. The Labute approximate surface area is 138 Å². The van der Waals surface area contributed by atoms with Crippen LogP contribution in [0, 0.1) is 3.57 Å². The number of morpholine rings is 1. The van der Waals surface area contributed by atoms with Gasteiger partial charge in [0.1, 0.15) is 11.2 Å². The van der Waals surface area contributed by atoms with Crippen LogP contribution in [0.15, 0.2) is 24.3 Å². The molecule has 0 unspecified atom stereocenters. The van der Waals surface area contributed by atoms with E-state index in [2.05, 4.69) is 46.9 Å². The molecule has 2 atom stereocenters. The Kier molecular flexibility index (Phi) is 3.68. The maximum Gasteiger partial charge on any atom is 0.410 e. The van der Waals surface area contributed by atoms with Crippen molar-refractivity contribution < 1.29 is 14.3 Å². The standard InChI is InChI=1S/C16H20INO3/c1-15(2,3)21-14(19)18-10-16(8-13(18)9-20-16)11-4-6-12(17)7-5-11/h4-7,13H,8-10H2,1-3H3/t13-,16-/m0/s1. The molecule has 2 aliphatic rings. The molecule has 2 heterocycles. The molecule has 0 radical (unpaired) electrons. The zero-order chi connectivity index (χ0) is 15.3. The second-order valence-electron chi connectivity index (χ2n) is 6.78. The van der Waals surface area contributed by atoms with Crippen LogP contribution in [-0.2, 0) is 15.1 Å². The lowest BCUT2D eigenvalue weighted by Gasteiger charge is -2.34. The number of amides is 1.